The highest BCUT2D eigenvalue weighted by Gasteiger charge is 2.17. The minimum Gasteiger partial charge on any atom is -0.496 e. The van der Waals surface area contributed by atoms with Gasteiger partial charge in [-0.05, 0) is 87.3 Å². The lowest BCUT2D eigenvalue weighted by molar-refractivity contribution is -0.139. The van der Waals surface area contributed by atoms with Crippen molar-refractivity contribution in [2.45, 2.75) is 83.8 Å². The number of carbonyl (C=O) groups is 1. The Morgan fingerprint density at radius 2 is 1.63 bits per heavy atom. The number of aliphatic hydroxyl groups excluding tert-OH is 2. The van der Waals surface area contributed by atoms with Crippen molar-refractivity contribution in [2.75, 3.05) is 13.7 Å². The first-order valence-electron chi connectivity index (χ1n) is 13.7. The summed E-state index contributed by atoms with van der Waals surface area (Å²) in [5, 5.41) is 21.6. The average Bonchev–Trinajstić information content (AvgIpc) is 3.34. The zero-order valence-corrected chi connectivity index (χ0v) is 23.0. The maximum atomic E-state index is 11.4. The van der Waals surface area contributed by atoms with Gasteiger partial charge in [-0.3, -0.25) is 0 Å². The van der Waals surface area contributed by atoms with Gasteiger partial charge in [-0.2, -0.15) is 0 Å². The largest absolute Gasteiger partial charge is 0.496 e. The van der Waals surface area contributed by atoms with E-state index in [0.29, 0.717) is 24.8 Å². The third-order valence-corrected chi connectivity index (χ3v) is 6.82. The number of furan rings is 1. The number of methoxy groups -OCH3 is 1. The average molecular weight is 523 g/mol. The number of aryl methyl sites for hydroxylation is 2. The lowest BCUT2D eigenvalue weighted by Gasteiger charge is -2.17. The molecule has 0 saturated carbocycles. The first kappa shape index (κ1) is 29.5. The van der Waals surface area contributed by atoms with Crippen LogP contribution in [0.4, 0.5) is 0 Å². The molecule has 2 unspecified atom stereocenters. The summed E-state index contributed by atoms with van der Waals surface area (Å²) in [5.41, 5.74) is 4.49. The van der Waals surface area contributed by atoms with Crippen LogP contribution in [0.1, 0.15) is 69.9 Å². The van der Waals surface area contributed by atoms with E-state index in [9.17, 15) is 15.0 Å². The number of hydrogen-bond acceptors (Lipinski definition) is 6. The Balaban J connectivity index is 1.53. The van der Waals surface area contributed by atoms with E-state index in [-0.39, 0.29) is 6.61 Å². The summed E-state index contributed by atoms with van der Waals surface area (Å²) in [5.74, 6) is 1.16. The highest BCUT2D eigenvalue weighted by molar-refractivity contribution is 5.87. The molecule has 2 atom stereocenters. The van der Waals surface area contributed by atoms with E-state index in [1.807, 2.05) is 12.1 Å². The number of unbranched alkanes of at least 4 members (excludes halogenated alkanes) is 2. The van der Waals surface area contributed by atoms with Gasteiger partial charge in [0, 0.05) is 11.0 Å². The Morgan fingerprint density at radius 3 is 2.34 bits per heavy atom. The number of ether oxygens (including phenoxy) is 2. The predicted octanol–water partition coefficient (Wildman–Crippen LogP) is 6.79. The lowest BCUT2D eigenvalue weighted by Crippen LogP contribution is -2.26. The molecule has 0 aliphatic rings. The SMILES string of the molecule is C=C(C)C(=O)OCCCC(O)C(O)CCCc1ccc2cc(-c3ccc(CCCCC)cc3OC)oc2c1. The molecule has 0 fully saturated rings. The van der Waals surface area contributed by atoms with Crippen molar-refractivity contribution in [1.29, 1.82) is 0 Å². The summed E-state index contributed by atoms with van der Waals surface area (Å²) in [6.45, 7) is 7.54. The van der Waals surface area contributed by atoms with E-state index < -0.39 is 18.2 Å². The van der Waals surface area contributed by atoms with Crippen LogP contribution in [0.5, 0.6) is 5.75 Å². The second kappa shape index (κ2) is 14.7. The van der Waals surface area contributed by atoms with E-state index in [0.717, 1.165) is 52.9 Å². The number of rotatable bonds is 16. The lowest BCUT2D eigenvalue weighted by atomic mass is 10.0. The number of carbonyl (C=O) groups excluding carboxylic acids is 1. The summed E-state index contributed by atoms with van der Waals surface area (Å²) < 4.78 is 16.9. The van der Waals surface area contributed by atoms with Gasteiger partial charge in [-0.1, -0.05) is 44.5 Å². The Labute approximate surface area is 226 Å². The van der Waals surface area contributed by atoms with Crippen molar-refractivity contribution in [3.05, 3.63) is 65.7 Å². The highest BCUT2D eigenvalue weighted by atomic mass is 16.5. The first-order valence-corrected chi connectivity index (χ1v) is 13.7. The molecule has 38 heavy (non-hydrogen) atoms. The van der Waals surface area contributed by atoms with E-state index in [2.05, 4.69) is 43.8 Å². The molecule has 0 radical (unpaired) electrons. The van der Waals surface area contributed by atoms with E-state index in [4.69, 9.17) is 13.9 Å². The molecular formula is C32H42O6. The molecular weight excluding hydrogens is 480 g/mol. The van der Waals surface area contributed by atoms with Crippen LogP contribution in [0, 0.1) is 0 Å². The zero-order valence-electron chi connectivity index (χ0n) is 23.0. The fraction of sp³-hybridized carbons (Fsp3) is 0.469. The van der Waals surface area contributed by atoms with Gasteiger partial charge < -0.3 is 24.1 Å². The molecule has 2 N–H and O–H groups in total. The maximum absolute atomic E-state index is 11.4. The quantitative estimate of drug-likeness (QED) is 0.122. The van der Waals surface area contributed by atoms with Gasteiger partial charge >= 0.3 is 5.97 Å². The summed E-state index contributed by atoms with van der Waals surface area (Å²) in [4.78, 5) is 11.4. The van der Waals surface area contributed by atoms with Crippen molar-refractivity contribution < 1.29 is 28.9 Å². The van der Waals surface area contributed by atoms with Gasteiger partial charge in [0.1, 0.15) is 17.1 Å². The molecule has 206 valence electrons. The molecule has 0 spiro atoms. The Hall–Kier alpha value is -3.09. The molecule has 1 heterocycles. The van der Waals surface area contributed by atoms with Crippen molar-refractivity contribution in [1.82, 2.24) is 0 Å². The zero-order chi connectivity index (χ0) is 27.5. The topological polar surface area (TPSA) is 89.1 Å². The van der Waals surface area contributed by atoms with Crippen LogP contribution in [0.15, 0.2) is 59.0 Å². The van der Waals surface area contributed by atoms with Gasteiger partial charge in [-0.25, -0.2) is 4.79 Å². The molecule has 6 heteroatoms. The second-order valence-corrected chi connectivity index (χ2v) is 10.1. The Bertz CT molecular complexity index is 1190. The van der Waals surface area contributed by atoms with Crippen molar-refractivity contribution in [3.63, 3.8) is 0 Å². The van der Waals surface area contributed by atoms with Gasteiger partial charge in [0.15, 0.2) is 0 Å². The van der Waals surface area contributed by atoms with Crippen molar-refractivity contribution in [2.24, 2.45) is 0 Å². The number of esters is 1. The minimum absolute atomic E-state index is 0.204. The van der Waals surface area contributed by atoms with E-state index >= 15 is 0 Å². The van der Waals surface area contributed by atoms with Crippen LogP contribution >= 0.6 is 0 Å². The summed E-state index contributed by atoms with van der Waals surface area (Å²) in [6.07, 6.45) is 5.83. The minimum atomic E-state index is -0.846. The van der Waals surface area contributed by atoms with Gasteiger partial charge in [-0.15, -0.1) is 0 Å². The molecule has 0 aliphatic heterocycles. The Kier molecular flexibility index (Phi) is 11.4. The van der Waals surface area contributed by atoms with Crippen molar-refractivity contribution in [3.8, 4) is 17.1 Å². The standard InChI is InChI=1S/C32H42O6/c1-5-6-7-10-23-15-17-26(30(20-23)36-4)31-21-25-16-14-24(19-29(25)38-31)11-8-12-27(33)28(34)13-9-18-37-32(35)22(2)3/h14-17,19-21,27-28,33-34H,2,5-13,18H2,1,3-4H3. The summed E-state index contributed by atoms with van der Waals surface area (Å²) in [6, 6.07) is 14.6. The number of hydrogen-bond donors (Lipinski definition) is 2. The predicted molar refractivity (Wildman–Crippen MR) is 151 cm³/mol. The Morgan fingerprint density at radius 1 is 0.947 bits per heavy atom. The van der Waals surface area contributed by atoms with E-state index in [1.165, 1.54) is 24.8 Å². The number of benzene rings is 2. The molecule has 3 aromatic rings. The molecule has 0 bridgehead atoms. The monoisotopic (exact) mass is 522 g/mol. The fourth-order valence-electron chi connectivity index (χ4n) is 4.52. The molecule has 1 aromatic heterocycles. The molecule has 6 nitrogen and oxygen atoms in total. The number of fused-ring (bicyclic) bond motifs is 1. The molecule has 2 aromatic carbocycles. The van der Waals surface area contributed by atoms with Crippen molar-refractivity contribution >= 4 is 16.9 Å². The summed E-state index contributed by atoms with van der Waals surface area (Å²) in [7, 11) is 1.69. The van der Waals surface area contributed by atoms with Crippen LogP contribution in [0.2, 0.25) is 0 Å². The molecule has 0 amide bonds. The normalized spacial score (nSPS) is 12.9. The fourth-order valence-corrected chi connectivity index (χ4v) is 4.52. The van der Waals surface area contributed by atoms with Crippen LogP contribution in [0.3, 0.4) is 0 Å². The first-order chi connectivity index (χ1) is 18.3. The smallest absolute Gasteiger partial charge is 0.333 e. The maximum Gasteiger partial charge on any atom is 0.333 e. The van der Waals surface area contributed by atoms with E-state index in [1.54, 1.807) is 14.0 Å². The van der Waals surface area contributed by atoms with Crippen LogP contribution in [-0.4, -0.2) is 42.1 Å². The highest BCUT2D eigenvalue weighted by Crippen LogP contribution is 2.35. The van der Waals surface area contributed by atoms with Gasteiger partial charge in [0.2, 0.25) is 0 Å². The van der Waals surface area contributed by atoms with Gasteiger partial charge in [0.25, 0.3) is 0 Å². The van der Waals surface area contributed by atoms with Crippen LogP contribution < -0.4 is 4.74 Å². The molecule has 0 saturated heterocycles. The third kappa shape index (κ3) is 8.47. The second-order valence-electron chi connectivity index (χ2n) is 10.1. The molecule has 3 rings (SSSR count). The van der Waals surface area contributed by atoms with Gasteiger partial charge in [0.05, 0.1) is 31.5 Å². The number of aliphatic hydroxyl groups is 2. The third-order valence-electron chi connectivity index (χ3n) is 6.82. The van der Waals surface area contributed by atoms with Crippen LogP contribution in [0.25, 0.3) is 22.3 Å². The van der Waals surface area contributed by atoms with Crippen LogP contribution in [-0.2, 0) is 22.4 Å². The molecule has 0 aliphatic carbocycles. The summed E-state index contributed by atoms with van der Waals surface area (Å²) >= 11 is 0.